The van der Waals surface area contributed by atoms with Crippen LogP contribution in [0.5, 0.6) is 5.75 Å². The Morgan fingerprint density at radius 2 is 1.39 bits per heavy atom. The summed E-state index contributed by atoms with van der Waals surface area (Å²) < 4.78 is 11.0. The number of rotatable bonds is 14. The molecule has 0 saturated heterocycles. The molecule has 1 aromatic carbocycles. The van der Waals surface area contributed by atoms with Gasteiger partial charge in [0.05, 0.1) is 6.61 Å². The number of hydrogen-bond acceptors (Lipinski definition) is 4. The quantitative estimate of drug-likeness (QED) is 0.160. The molecule has 0 unspecified atom stereocenters. The van der Waals surface area contributed by atoms with Crippen molar-refractivity contribution < 1.29 is 19.1 Å². The van der Waals surface area contributed by atoms with Crippen LogP contribution >= 0.6 is 0 Å². The number of carbonyl (C=O) groups excluding carboxylic acids is 2. The van der Waals surface area contributed by atoms with Crippen LogP contribution in [0.3, 0.4) is 0 Å². The topological polar surface area (TPSA) is 52.6 Å². The summed E-state index contributed by atoms with van der Waals surface area (Å²) in [4.78, 5) is 25.6. The molecule has 1 aromatic rings. The number of carbonyl (C=O) groups is 2. The number of unbranched alkanes of at least 4 members (excludes halogenated alkanes) is 7. The maximum atomic E-state index is 12.8. The zero-order valence-corrected chi connectivity index (χ0v) is 18.2. The zero-order chi connectivity index (χ0) is 20.8. The lowest BCUT2D eigenvalue weighted by Gasteiger charge is -2.27. The van der Waals surface area contributed by atoms with E-state index in [4.69, 9.17) is 9.47 Å². The summed E-state index contributed by atoms with van der Waals surface area (Å²) in [6.07, 6.45) is 10.2. The van der Waals surface area contributed by atoms with Crippen molar-refractivity contribution in [1.29, 1.82) is 0 Å². The number of aryl methyl sites for hydroxylation is 1. The minimum atomic E-state index is -1.23. The average molecular weight is 391 g/mol. The van der Waals surface area contributed by atoms with Crippen molar-refractivity contribution in [2.24, 2.45) is 5.41 Å². The van der Waals surface area contributed by atoms with Crippen LogP contribution in [-0.4, -0.2) is 18.5 Å². The first-order valence-corrected chi connectivity index (χ1v) is 11.0. The van der Waals surface area contributed by atoms with Gasteiger partial charge in [0.2, 0.25) is 0 Å². The second kappa shape index (κ2) is 13.4. The van der Waals surface area contributed by atoms with Gasteiger partial charge in [-0.25, -0.2) is 0 Å². The van der Waals surface area contributed by atoms with Gasteiger partial charge in [-0.1, -0.05) is 83.9 Å². The van der Waals surface area contributed by atoms with Crippen LogP contribution in [0.2, 0.25) is 0 Å². The Morgan fingerprint density at radius 1 is 0.821 bits per heavy atom. The normalized spacial score (nSPS) is 11.3. The lowest BCUT2D eigenvalue weighted by atomic mass is 9.82. The minimum absolute atomic E-state index is 0.366. The Balaban J connectivity index is 2.49. The Labute approximate surface area is 171 Å². The molecular weight excluding hydrogens is 352 g/mol. The van der Waals surface area contributed by atoms with Crippen molar-refractivity contribution in [3.05, 3.63) is 29.8 Å². The second-order valence-corrected chi connectivity index (χ2v) is 7.56. The highest BCUT2D eigenvalue weighted by atomic mass is 16.6. The van der Waals surface area contributed by atoms with Crippen molar-refractivity contribution in [3.63, 3.8) is 0 Å². The molecule has 0 N–H and O–H groups in total. The number of para-hydroxylation sites is 1. The zero-order valence-electron chi connectivity index (χ0n) is 18.2. The second-order valence-electron chi connectivity index (χ2n) is 7.56. The Kier molecular flexibility index (Phi) is 11.5. The lowest BCUT2D eigenvalue weighted by Crippen LogP contribution is -2.42. The maximum absolute atomic E-state index is 12.8. The van der Waals surface area contributed by atoms with Gasteiger partial charge in [0.1, 0.15) is 5.75 Å². The van der Waals surface area contributed by atoms with Crippen molar-refractivity contribution in [1.82, 2.24) is 0 Å². The van der Waals surface area contributed by atoms with E-state index < -0.39 is 17.4 Å². The molecule has 0 aromatic heterocycles. The van der Waals surface area contributed by atoms with Crippen molar-refractivity contribution in [2.45, 2.75) is 91.9 Å². The molecule has 0 heterocycles. The summed E-state index contributed by atoms with van der Waals surface area (Å²) in [5, 5.41) is 0. The van der Waals surface area contributed by atoms with Gasteiger partial charge in [0, 0.05) is 0 Å². The van der Waals surface area contributed by atoms with Gasteiger partial charge in [-0.2, -0.15) is 0 Å². The number of ether oxygens (including phenoxy) is 2. The summed E-state index contributed by atoms with van der Waals surface area (Å²) in [7, 11) is 0. The molecular formula is C24H38O4. The third-order valence-electron chi connectivity index (χ3n) is 5.52. The van der Waals surface area contributed by atoms with Gasteiger partial charge >= 0.3 is 11.9 Å². The van der Waals surface area contributed by atoms with E-state index in [9.17, 15) is 9.59 Å². The number of hydrogen-bond donors (Lipinski definition) is 0. The van der Waals surface area contributed by atoms with Gasteiger partial charge in [0.25, 0.3) is 0 Å². The highest BCUT2D eigenvalue weighted by Crippen LogP contribution is 2.31. The van der Waals surface area contributed by atoms with Gasteiger partial charge in [-0.15, -0.1) is 0 Å². The van der Waals surface area contributed by atoms with E-state index in [1.165, 1.54) is 38.5 Å². The SMILES string of the molecule is CCCCCCCCCCOC(=O)C(CC)(CC)C(=O)Oc1ccccc1C. The summed E-state index contributed by atoms with van der Waals surface area (Å²) in [6, 6.07) is 7.32. The maximum Gasteiger partial charge on any atom is 0.328 e. The summed E-state index contributed by atoms with van der Waals surface area (Å²) >= 11 is 0. The predicted octanol–water partition coefficient (Wildman–Crippen LogP) is 6.39. The van der Waals surface area contributed by atoms with E-state index >= 15 is 0 Å². The monoisotopic (exact) mass is 390 g/mol. The third kappa shape index (κ3) is 7.29. The van der Waals surface area contributed by atoms with Gasteiger partial charge in [-0.05, 0) is 37.8 Å². The Bertz CT molecular complexity index is 590. The van der Waals surface area contributed by atoms with E-state index in [2.05, 4.69) is 6.92 Å². The molecule has 0 saturated carbocycles. The summed E-state index contributed by atoms with van der Waals surface area (Å²) in [6.45, 7) is 8.13. The predicted molar refractivity (Wildman–Crippen MR) is 113 cm³/mol. The standard InChI is InChI=1S/C24H38O4/c1-5-8-9-10-11-12-13-16-19-27-22(25)24(6-2,7-3)23(26)28-21-18-15-14-17-20(21)4/h14-15,17-18H,5-13,16,19H2,1-4H3. The molecule has 4 nitrogen and oxygen atoms in total. The molecule has 158 valence electrons. The highest BCUT2D eigenvalue weighted by molar-refractivity contribution is 6.00. The third-order valence-corrected chi connectivity index (χ3v) is 5.52. The van der Waals surface area contributed by atoms with E-state index in [0.29, 0.717) is 25.2 Å². The van der Waals surface area contributed by atoms with E-state index in [0.717, 1.165) is 18.4 Å². The van der Waals surface area contributed by atoms with Crippen LogP contribution < -0.4 is 4.74 Å². The smallest absolute Gasteiger partial charge is 0.328 e. The molecule has 0 amide bonds. The van der Waals surface area contributed by atoms with Crippen LogP contribution in [0.25, 0.3) is 0 Å². The van der Waals surface area contributed by atoms with E-state index in [-0.39, 0.29) is 0 Å². The molecule has 0 fully saturated rings. The fraction of sp³-hybridized carbons (Fsp3) is 0.667. The van der Waals surface area contributed by atoms with Gasteiger partial charge in [-0.3, -0.25) is 9.59 Å². The molecule has 0 aliphatic rings. The van der Waals surface area contributed by atoms with Crippen LogP contribution in [0.4, 0.5) is 0 Å². The highest BCUT2D eigenvalue weighted by Gasteiger charge is 2.46. The number of esters is 2. The van der Waals surface area contributed by atoms with E-state index in [1.54, 1.807) is 6.07 Å². The molecule has 0 aliphatic heterocycles. The number of benzene rings is 1. The minimum Gasteiger partial charge on any atom is -0.465 e. The molecule has 0 aliphatic carbocycles. The van der Waals surface area contributed by atoms with Crippen LogP contribution in [0.1, 0.15) is 90.5 Å². The summed E-state index contributed by atoms with van der Waals surface area (Å²) in [5.74, 6) is -0.485. The van der Waals surface area contributed by atoms with Gasteiger partial charge < -0.3 is 9.47 Å². The molecule has 28 heavy (non-hydrogen) atoms. The van der Waals surface area contributed by atoms with Crippen LogP contribution in [-0.2, 0) is 14.3 Å². The molecule has 0 bridgehead atoms. The van der Waals surface area contributed by atoms with Crippen LogP contribution in [0.15, 0.2) is 24.3 Å². The lowest BCUT2D eigenvalue weighted by molar-refractivity contribution is -0.168. The Hall–Kier alpha value is -1.84. The van der Waals surface area contributed by atoms with Gasteiger partial charge in [0.15, 0.2) is 5.41 Å². The largest absolute Gasteiger partial charge is 0.465 e. The molecule has 0 spiro atoms. The van der Waals surface area contributed by atoms with Crippen molar-refractivity contribution >= 4 is 11.9 Å². The fourth-order valence-electron chi connectivity index (χ4n) is 3.32. The Morgan fingerprint density at radius 3 is 1.96 bits per heavy atom. The average Bonchev–Trinajstić information content (AvgIpc) is 2.70. The first-order chi connectivity index (χ1) is 13.5. The summed E-state index contributed by atoms with van der Waals surface area (Å²) in [5.41, 5.74) is -0.369. The van der Waals surface area contributed by atoms with Crippen molar-refractivity contribution in [3.8, 4) is 5.75 Å². The van der Waals surface area contributed by atoms with E-state index in [1.807, 2.05) is 39.0 Å². The molecule has 1 rings (SSSR count). The molecule has 0 radical (unpaired) electrons. The molecule has 4 heteroatoms. The van der Waals surface area contributed by atoms with Crippen LogP contribution in [0, 0.1) is 12.3 Å². The van der Waals surface area contributed by atoms with Crippen molar-refractivity contribution in [2.75, 3.05) is 6.61 Å². The molecule has 0 atom stereocenters. The first-order valence-electron chi connectivity index (χ1n) is 11.0. The first kappa shape index (κ1) is 24.2. The fourth-order valence-corrected chi connectivity index (χ4v) is 3.32.